The average Bonchev–Trinajstić information content (AvgIpc) is 3.16. The molecule has 0 spiro atoms. The Morgan fingerprint density at radius 2 is 2.00 bits per heavy atom. The molecule has 5 nitrogen and oxygen atoms in total. The molecule has 2 heterocycles. The fourth-order valence-corrected chi connectivity index (χ4v) is 3.24. The average molecular weight is 354 g/mol. The lowest BCUT2D eigenvalue weighted by molar-refractivity contribution is 0.343. The van der Waals surface area contributed by atoms with E-state index in [2.05, 4.69) is 10.1 Å². The second kappa shape index (κ2) is 6.15. The van der Waals surface area contributed by atoms with Gasteiger partial charge in [0.15, 0.2) is 5.82 Å². The van der Waals surface area contributed by atoms with Crippen LogP contribution in [0.25, 0.3) is 11.6 Å². The Kier molecular flexibility index (Phi) is 4.36. The molecule has 2 aliphatic rings. The third kappa shape index (κ3) is 2.96. The minimum atomic E-state index is -0.445. The molecule has 0 atom stereocenters. The van der Waals surface area contributed by atoms with E-state index < -0.39 is 5.54 Å². The lowest BCUT2D eigenvalue weighted by Gasteiger charge is -2.18. The van der Waals surface area contributed by atoms with Crippen molar-refractivity contribution >= 4 is 35.7 Å². The van der Waals surface area contributed by atoms with Gasteiger partial charge in [0.1, 0.15) is 12.4 Å². The largest absolute Gasteiger partial charge is 0.488 e. The van der Waals surface area contributed by atoms with E-state index in [9.17, 15) is 0 Å². The lowest BCUT2D eigenvalue weighted by Crippen LogP contribution is -2.34. The number of nitrogens with zero attached hydrogens (tertiary/aromatic N) is 2. The predicted molar refractivity (Wildman–Crippen MR) is 90.7 cm³/mol. The van der Waals surface area contributed by atoms with Crippen LogP contribution in [0.5, 0.6) is 5.75 Å². The van der Waals surface area contributed by atoms with Crippen LogP contribution in [0.15, 0.2) is 22.7 Å². The van der Waals surface area contributed by atoms with Gasteiger partial charge in [0.05, 0.1) is 11.1 Å². The van der Waals surface area contributed by atoms with Crippen LogP contribution in [-0.4, -0.2) is 16.7 Å². The quantitative estimate of drug-likeness (QED) is 0.888. The molecule has 1 aromatic carbocycles. The smallest absolute Gasteiger partial charge is 0.257 e. The van der Waals surface area contributed by atoms with Crippen molar-refractivity contribution in [2.75, 3.05) is 6.61 Å². The summed E-state index contributed by atoms with van der Waals surface area (Å²) in [5.41, 5.74) is 7.68. The van der Waals surface area contributed by atoms with Gasteiger partial charge in [-0.05, 0) is 37.1 Å². The highest BCUT2D eigenvalue weighted by atomic mass is 35.5. The maximum Gasteiger partial charge on any atom is 0.257 e. The first-order valence-electron chi connectivity index (χ1n) is 7.40. The van der Waals surface area contributed by atoms with Crippen molar-refractivity contribution in [2.24, 2.45) is 5.73 Å². The fourth-order valence-electron chi connectivity index (χ4n) is 3.06. The molecule has 2 N–H and O–H groups in total. The Labute approximate surface area is 145 Å². The van der Waals surface area contributed by atoms with Gasteiger partial charge in [-0.15, -0.1) is 12.4 Å². The van der Waals surface area contributed by atoms with E-state index in [1.165, 1.54) is 0 Å². The van der Waals surface area contributed by atoms with E-state index in [1.54, 1.807) is 0 Å². The zero-order valence-electron chi connectivity index (χ0n) is 12.4. The topological polar surface area (TPSA) is 74.2 Å². The van der Waals surface area contributed by atoms with Gasteiger partial charge in [0.2, 0.25) is 0 Å². The molecule has 1 fully saturated rings. The first kappa shape index (κ1) is 16.3. The van der Waals surface area contributed by atoms with Gasteiger partial charge >= 0.3 is 0 Å². The number of halogens is 2. The van der Waals surface area contributed by atoms with Crippen molar-refractivity contribution < 1.29 is 9.26 Å². The van der Waals surface area contributed by atoms with Gasteiger partial charge in [0, 0.05) is 10.6 Å². The Bertz CT molecular complexity index is 752. The van der Waals surface area contributed by atoms with Crippen LogP contribution in [0.2, 0.25) is 5.02 Å². The summed E-state index contributed by atoms with van der Waals surface area (Å²) >= 11 is 6.03. The van der Waals surface area contributed by atoms with Gasteiger partial charge in [-0.25, -0.2) is 0 Å². The summed E-state index contributed by atoms with van der Waals surface area (Å²) in [5.74, 6) is 1.87. The minimum absolute atomic E-state index is 0. The molecule has 7 heteroatoms. The van der Waals surface area contributed by atoms with Crippen molar-refractivity contribution in [3.05, 3.63) is 40.5 Å². The van der Waals surface area contributed by atoms with Gasteiger partial charge in [0.25, 0.3) is 5.89 Å². The maximum atomic E-state index is 6.37. The molecule has 4 rings (SSSR count). The van der Waals surface area contributed by atoms with Gasteiger partial charge < -0.3 is 15.0 Å². The van der Waals surface area contributed by atoms with Crippen LogP contribution in [-0.2, 0) is 5.54 Å². The van der Waals surface area contributed by atoms with Gasteiger partial charge in [-0.1, -0.05) is 29.6 Å². The van der Waals surface area contributed by atoms with E-state index >= 15 is 0 Å². The van der Waals surface area contributed by atoms with E-state index in [1.807, 2.05) is 24.3 Å². The highest BCUT2D eigenvalue weighted by molar-refractivity contribution is 6.30. The Morgan fingerprint density at radius 3 is 2.78 bits per heavy atom. The number of hydrogen-bond donors (Lipinski definition) is 1. The normalized spacial score (nSPS) is 18.6. The molecule has 1 aliphatic heterocycles. The zero-order chi connectivity index (χ0) is 15.2. The maximum absolute atomic E-state index is 6.37. The van der Waals surface area contributed by atoms with Crippen molar-refractivity contribution in [2.45, 2.75) is 31.2 Å². The molecule has 0 bridgehead atoms. The van der Waals surface area contributed by atoms with Crippen molar-refractivity contribution in [3.8, 4) is 5.75 Å². The highest BCUT2D eigenvalue weighted by Crippen LogP contribution is 2.36. The summed E-state index contributed by atoms with van der Waals surface area (Å²) in [7, 11) is 0. The Hall–Kier alpha value is -1.56. The van der Waals surface area contributed by atoms with E-state index in [-0.39, 0.29) is 12.4 Å². The van der Waals surface area contributed by atoms with Crippen LogP contribution in [0.1, 0.15) is 43.0 Å². The number of nitrogens with two attached hydrogens (primary N) is 1. The Morgan fingerprint density at radius 1 is 1.22 bits per heavy atom. The first-order valence-corrected chi connectivity index (χ1v) is 7.78. The molecule has 0 saturated heterocycles. The lowest BCUT2D eigenvalue weighted by atomic mass is 9.98. The van der Waals surface area contributed by atoms with Crippen molar-refractivity contribution in [1.82, 2.24) is 10.1 Å². The zero-order valence-corrected chi connectivity index (χ0v) is 14.0. The van der Waals surface area contributed by atoms with Crippen LogP contribution in [0.3, 0.4) is 0 Å². The molecular weight excluding hydrogens is 337 g/mol. The molecular formula is C16H17Cl2N3O2. The van der Waals surface area contributed by atoms with Gasteiger partial charge in [-0.2, -0.15) is 4.98 Å². The summed E-state index contributed by atoms with van der Waals surface area (Å²) in [6.45, 7) is 0.397. The number of benzene rings is 1. The second-order valence-corrected chi connectivity index (χ2v) is 6.36. The van der Waals surface area contributed by atoms with Crippen molar-refractivity contribution in [1.29, 1.82) is 0 Å². The number of ether oxygens (including phenoxy) is 1. The Balaban J connectivity index is 0.00000156. The van der Waals surface area contributed by atoms with Crippen LogP contribution in [0, 0.1) is 0 Å². The number of fused-ring (bicyclic) bond motifs is 1. The van der Waals surface area contributed by atoms with E-state index in [0.29, 0.717) is 23.3 Å². The molecule has 2 aromatic rings. The van der Waals surface area contributed by atoms with E-state index in [0.717, 1.165) is 42.6 Å². The third-order valence-corrected chi connectivity index (χ3v) is 4.56. The summed E-state index contributed by atoms with van der Waals surface area (Å²) in [6.07, 6.45) is 6.00. The molecule has 1 saturated carbocycles. The number of rotatable bonds is 2. The van der Waals surface area contributed by atoms with Gasteiger partial charge in [-0.3, -0.25) is 0 Å². The third-order valence-electron chi connectivity index (χ3n) is 4.33. The molecule has 0 unspecified atom stereocenters. The highest BCUT2D eigenvalue weighted by Gasteiger charge is 2.36. The first-order chi connectivity index (χ1) is 10.6. The van der Waals surface area contributed by atoms with Crippen LogP contribution >= 0.6 is 24.0 Å². The summed E-state index contributed by atoms with van der Waals surface area (Å²) in [5, 5.41) is 4.75. The number of hydrogen-bond acceptors (Lipinski definition) is 5. The van der Waals surface area contributed by atoms with Crippen LogP contribution < -0.4 is 10.5 Å². The van der Waals surface area contributed by atoms with E-state index in [4.69, 9.17) is 26.6 Å². The second-order valence-electron chi connectivity index (χ2n) is 5.93. The molecule has 23 heavy (non-hydrogen) atoms. The minimum Gasteiger partial charge on any atom is -0.488 e. The fraction of sp³-hybridized carbons (Fsp3) is 0.375. The molecule has 1 aromatic heterocycles. The standard InChI is InChI=1S/C16H16ClN3O2.ClH/c17-12-3-4-13-10(8-12)7-11(9-21-13)14-19-15(20-22-14)16(18)5-1-2-6-16;/h3-4,7-8H,1-2,5-6,9,18H2;1H. The summed E-state index contributed by atoms with van der Waals surface area (Å²) in [4.78, 5) is 4.50. The number of aromatic nitrogens is 2. The summed E-state index contributed by atoms with van der Waals surface area (Å²) < 4.78 is 11.1. The monoisotopic (exact) mass is 353 g/mol. The van der Waals surface area contributed by atoms with Crippen molar-refractivity contribution in [3.63, 3.8) is 0 Å². The molecule has 0 radical (unpaired) electrons. The molecule has 0 amide bonds. The SMILES string of the molecule is Cl.NC1(c2noc(C3=Cc4cc(Cl)ccc4OC3)n2)CCCC1. The summed E-state index contributed by atoms with van der Waals surface area (Å²) in [6, 6.07) is 5.52. The molecule has 122 valence electrons. The molecule has 1 aliphatic carbocycles. The predicted octanol–water partition coefficient (Wildman–Crippen LogP) is 3.81. The van der Waals surface area contributed by atoms with Crippen LogP contribution in [0.4, 0.5) is 0 Å².